The van der Waals surface area contributed by atoms with Crippen molar-refractivity contribution in [3.8, 4) is 28.6 Å². The fourth-order valence-electron chi connectivity index (χ4n) is 5.68. The second-order valence-electron chi connectivity index (χ2n) is 11.5. The van der Waals surface area contributed by atoms with Crippen LogP contribution < -0.4 is 20.1 Å². The molecule has 0 aliphatic carbocycles. The number of hydrogen-bond donors (Lipinski definition) is 2. The zero-order valence-corrected chi connectivity index (χ0v) is 26.1. The normalized spacial score (nSPS) is 18.9. The van der Waals surface area contributed by atoms with Crippen molar-refractivity contribution in [2.45, 2.75) is 50.9 Å². The molecular formula is C35H37N5O7. The van der Waals surface area contributed by atoms with E-state index in [4.69, 9.17) is 18.7 Å². The molecule has 12 heteroatoms. The molecule has 4 aromatic rings. The molecule has 2 atom stereocenters. The number of hydrogen-bond acceptors (Lipinski definition) is 9. The van der Waals surface area contributed by atoms with E-state index in [1.807, 2.05) is 54.6 Å². The van der Waals surface area contributed by atoms with Crippen molar-refractivity contribution >= 4 is 17.7 Å². The van der Waals surface area contributed by atoms with Gasteiger partial charge in [-0.15, -0.1) is 0 Å². The van der Waals surface area contributed by atoms with E-state index in [0.717, 1.165) is 11.1 Å². The number of fused-ring (bicyclic) bond motifs is 5. The highest BCUT2D eigenvalue weighted by atomic mass is 16.5. The molecule has 3 aromatic carbocycles. The number of rotatable bonds is 5. The molecule has 3 heterocycles. The molecule has 0 radical (unpaired) electrons. The molecule has 1 aromatic heterocycles. The van der Waals surface area contributed by atoms with Gasteiger partial charge in [0.2, 0.25) is 23.5 Å². The Morgan fingerprint density at radius 1 is 1.02 bits per heavy atom. The number of likely N-dealkylation sites (tertiary alicyclic amines) is 1. The van der Waals surface area contributed by atoms with Gasteiger partial charge in [0.1, 0.15) is 17.2 Å². The van der Waals surface area contributed by atoms with Gasteiger partial charge < -0.3 is 34.3 Å². The van der Waals surface area contributed by atoms with Crippen molar-refractivity contribution in [1.82, 2.24) is 25.7 Å². The highest BCUT2D eigenvalue weighted by Gasteiger charge is 2.33. The monoisotopic (exact) mass is 639 g/mol. The van der Waals surface area contributed by atoms with Crippen LogP contribution in [0.25, 0.3) is 11.4 Å². The lowest BCUT2D eigenvalue weighted by Crippen LogP contribution is -2.57. The molecule has 4 bridgehead atoms. The number of ether oxygens (including phenoxy) is 3. The molecule has 0 spiro atoms. The fourth-order valence-corrected chi connectivity index (χ4v) is 5.68. The largest absolute Gasteiger partial charge is 0.497 e. The van der Waals surface area contributed by atoms with Gasteiger partial charge in [0.15, 0.2) is 0 Å². The number of nitrogens with one attached hydrogen (secondary N) is 2. The third-order valence-electron chi connectivity index (χ3n) is 8.14. The van der Waals surface area contributed by atoms with Crippen LogP contribution in [-0.4, -0.2) is 71.7 Å². The summed E-state index contributed by atoms with van der Waals surface area (Å²) in [4.78, 5) is 45.4. The first kappa shape index (κ1) is 31.7. The number of amides is 3. The summed E-state index contributed by atoms with van der Waals surface area (Å²) in [6.45, 7) is 1.39. The number of aromatic nitrogens is 2. The van der Waals surface area contributed by atoms with Crippen molar-refractivity contribution in [2.24, 2.45) is 0 Å². The maximum absolute atomic E-state index is 13.3. The topological polar surface area (TPSA) is 145 Å². The van der Waals surface area contributed by atoms with Gasteiger partial charge in [0.05, 0.1) is 25.9 Å². The van der Waals surface area contributed by atoms with Gasteiger partial charge >= 0.3 is 0 Å². The van der Waals surface area contributed by atoms with Gasteiger partial charge in [0.25, 0.3) is 5.91 Å². The van der Waals surface area contributed by atoms with Gasteiger partial charge in [-0.3, -0.25) is 14.4 Å². The van der Waals surface area contributed by atoms with Crippen LogP contribution in [0.1, 0.15) is 47.5 Å². The first-order valence-electron chi connectivity index (χ1n) is 15.7. The van der Waals surface area contributed by atoms with Gasteiger partial charge in [0, 0.05) is 56.1 Å². The highest BCUT2D eigenvalue weighted by molar-refractivity contribution is 5.95. The quantitative estimate of drug-likeness (QED) is 0.327. The summed E-state index contributed by atoms with van der Waals surface area (Å²) in [6.07, 6.45) is 1.39. The minimum Gasteiger partial charge on any atom is -0.497 e. The summed E-state index contributed by atoms with van der Waals surface area (Å²) in [7, 11) is 1.53. The number of carbonyl (C=O) groups is 3. The standard InChI is InChI=1S/C35H37N5O7/c1-44-27-18-25-19-28(20-27)46-26-10-5-7-23(17-26)22-45-30-14-16-40(21-29(30)37-31(41)11-6-15-36-35(25)43)33(42)13-12-32-38-34(39-47-32)24-8-3-2-4-9-24/h2-5,7-10,17-20,29-30H,6,11-16,21-22H2,1H3,(H,36,43)(H,37,41)/t29-,30-/m0/s1. The van der Waals surface area contributed by atoms with Crippen LogP contribution in [0.5, 0.6) is 17.2 Å². The number of carbonyl (C=O) groups excluding carboxylic acids is 3. The first-order chi connectivity index (χ1) is 22.9. The Labute approximate surface area is 272 Å². The second kappa shape index (κ2) is 14.9. The molecule has 244 valence electrons. The van der Waals surface area contributed by atoms with E-state index in [1.165, 1.54) is 7.11 Å². The van der Waals surface area contributed by atoms with E-state index >= 15 is 0 Å². The molecule has 3 amide bonds. The van der Waals surface area contributed by atoms with Crippen LogP contribution >= 0.6 is 0 Å². The van der Waals surface area contributed by atoms with Gasteiger partial charge in [-0.25, -0.2) is 0 Å². The van der Waals surface area contributed by atoms with Gasteiger partial charge in [-0.1, -0.05) is 47.6 Å². The second-order valence-corrected chi connectivity index (χ2v) is 11.5. The third-order valence-corrected chi connectivity index (χ3v) is 8.14. The SMILES string of the molecule is COc1cc2cc(c1)C(=O)NCCCC(=O)N[C@H]1CN(C(=O)CCc3nc(-c4ccccc4)no3)CC[C@@H]1OCc1cccc(c1)O2. The van der Waals surface area contributed by atoms with Gasteiger partial charge in [-0.05, 0) is 42.7 Å². The first-order valence-corrected chi connectivity index (χ1v) is 15.7. The lowest BCUT2D eigenvalue weighted by atomic mass is 10.0. The lowest BCUT2D eigenvalue weighted by molar-refractivity contribution is -0.137. The summed E-state index contributed by atoms with van der Waals surface area (Å²) in [6, 6.07) is 21.6. The summed E-state index contributed by atoms with van der Waals surface area (Å²) < 4.78 is 23.2. The van der Waals surface area contributed by atoms with Crippen molar-refractivity contribution in [3.05, 3.63) is 89.8 Å². The van der Waals surface area contributed by atoms with Crippen molar-refractivity contribution in [3.63, 3.8) is 0 Å². The average molecular weight is 640 g/mol. The maximum Gasteiger partial charge on any atom is 0.251 e. The number of methoxy groups -OCH3 is 1. The van der Waals surface area contributed by atoms with E-state index in [2.05, 4.69) is 20.8 Å². The summed E-state index contributed by atoms with van der Waals surface area (Å²) in [5.41, 5.74) is 2.10. The maximum atomic E-state index is 13.3. The highest BCUT2D eigenvalue weighted by Crippen LogP contribution is 2.29. The van der Waals surface area contributed by atoms with Crippen molar-refractivity contribution in [2.75, 3.05) is 26.7 Å². The molecule has 47 heavy (non-hydrogen) atoms. The zero-order valence-electron chi connectivity index (χ0n) is 26.1. The molecule has 12 nitrogen and oxygen atoms in total. The molecule has 1 saturated heterocycles. The number of aryl methyl sites for hydroxylation is 1. The molecule has 2 N–H and O–H groups in total. The lowest BCUT2D eigenvalue weighted by Gasteiger charge is -2.39. The molecule has 0 unspecified atom stereocenters. The van der Waals surface area contributed by atoms with Crippen LogP contribution in [0.2, 0.25) is 0 Å². The van der Waals surface area contributed by atoms with Crippen molar-refractivity contribution < 1.29 is 33.1 Å². The molecule has 2 aliphatic heterocycles. The Morgan fingerprint density at radius 2 is 1.89 bits per heavy atom. The minimum absolute atomic E-state index is 0.0657. The van der Waals surface area contributed by atoms with Crippen LogP contribution in [0.3, 0.4) is 0 Å². The van der Waals surface area contributed by atoms with Crippen LogP contribution in [0.15, 0.2) is 77.3 Å². The van der Waals surface area contributed by atoms with Crippen LogP contribution in [0.4, 0.5) is 0 Å². The zero-order chi connectivity index (χ0) is 32.6. The van der Waals surface area contributed by atoms with Crippen molar-refractivity contribution in [1.29, 1.82) is 0 Å². The van der Waals surface area contributed by atoms with Crippen LogP contribution in [-0.2, 0) is 27.4 Å². The minimum atomic E-state index is -0.409. The summed E-state index contributed by atoms with van der Waals surface area (Å²) in [5.74, 6) is 1.87. The predicted molar refractivity (Wildman–Crippen MR) is 171 cm³/mol. The Bertz CT molecular complexity index is 1710. The Kier molecular flexibility index (Phi) is 10.1. The smallest absolute Gasteiger partial charge is 0.251 e. The Balaban J connectivity index is 1.12. The average Bonchev–Trinajstić information content (AvgIpc) is 3.57. The van der Waals surface area contributed by atoms with Gasteiger partial charge in [-0.2, -0.15) is 4.98 Å². The molecule has 6 rings (SSSR count). The van der Waals surface area contributed by atoms with E-state index in [-0.39, 0.29) is 43.3 Å². The number of piperidine rings is 1. The fraction of sp³-hybridized carbons (Fsp3) is 0.343. The van der Waals surface area contributed by atoms with E-state index in [0.29, 0.717) is 73.4 Å². The van der Waals surface area contributed by atoms with E-state index in [9.17, 15) is 14.4 Å². The Hall–Kier alpha value is -5.23. The molecular weight excluding hydrogens is 602 g/mol. The molecule has 0 saturated carbocycles. The number of nitrogens with zero attached hydrogens (tertiary/aromatic N) is 3. The van der Waals surface area contributed by atoms with E-state index < -0.39 is 6.04 Å². The molecule has 1 fully saturated rings. The third kappa shape index (κ3) is 8.33. The summed E-state index contributed by atoms with van der Waals surface area (Å²) in [5, 5.41) is 9.99. The Morgan fingerprint density at radius 3 is 2.74 bits per heavy atom. The predicted octanol–water partition coefficient (Wildman–Crippen LogP) is 4.30. The number of benzene rings is 3. The van der Waals surface area contributed by atoms with E-state index in [1.54, 1.807) is 23.1 Å². The molecule has 2 aliphatic rings. The summed E-state index contributed by atoms with van der Waals surface area (Å²) >= 11 is 0. The van der Waals surface area contributed by atoms with Crippen LogP contribution in [0, 0.1) is 0 Å².